The van der Waals surface area contributed by atoms with Crippen molar-refractivity contribution in [3.63, 3.8) is 0 Å². The van der Waals surface area contributed by atoms with Crippen LogP contribution < -0.4 is 10.6 Å². The second kappa shape index (κ2) is 8.33. The molecule has 0 aromatic carbocycles. The highest BCUT2D eigenvalue weighted by Gasteiger charge is 2.14. The third kappa shape index (κ3) is 5.49. The average Bonchev–Trinajstić information content (AvgIpc) is 2.54. The monoisotopic (exact) mass is 292 g/mol. The maximum Gasteiger partial charge on any atom is 0.309 e. The first-order chi connectivity index (χ1) is 10.3. The molecule has 1 aliphatic heterocycles. The van der Waals surface area contributed by atoms with Crippen LogP contribution in [0.3, 0.4) is 0 Å². The van der Waals surface area contributed by atoms with Crippen LogP contribution in [0.1, 0.15) is 5.56 Å². The molecule has 0 spiro atoms. The zero-order valence-electron chi connectivity index (χ0n) is 11.9. The number of nitrogens with zero attached hydrogens (tertiary/aromatic N) is 2. The van der Waals surface area contributed by atoms with Gasteiger partial charge in [0, 0.05) is 45.1 Å². The SMILES string of the molecule is O=C(NCCN1CCOCC1)C(=O)NCc1cccnc1. The van der Waals surface area contributed by atoms with Gasteiger partial charge in [0.1, 0.15) is 0 Å². The van der Waals surface area contributed by atoms with Crippen molar-refractivity contribution in [3.8, 4) is 0 Å². The average molecular weight is 292 g/mol. The van der Waals surface area contributed by atoms with Crippen LogP contribution in [0, 0.1) is 0 Å². The molecule has 2 amide bonds. The number of hydrogen-bond acceptors (Lipinski definition) is 5. The summed E-state index contributed by atoms with van der Waals surface area (Å²) in [6.07, 6.45) is 3.31. The molecule has 2 rings (SSSR count). The lowest BCUT2D eigenvalue weighted by molar-refractivity contribution is -0.139. The van der Waals surface area contributed by atoms with Gasteiger partial charge in [-0.25, -0.2) is 0 Å². The van der Waals surface area contributed by atoms with E-state index in [1.165, 1.54) is 0 Å². The smallest absolute Gasteiger partial charge is 0.309 e. The molecule has 0 saturated carbocycles. The predicted molar refractivity (Wildman–Crippen MR) is 76.4 cm³/mol. The van der Waals surface area contributed by atoms with Crippen LogP contribution in [0.4, 0.5) is 0 Å². The van der Waals surface area contributed by atoms with E-state index < -0.39 is 11.8 Å². The van der Waals surface area contributed by atoms with Crippen molar-refractivity contribution in [3.05, 3.63) is 30.1 Å². The molecule has 1 aromatic heterocycles. The molecular formula is C14H20N4O3. The molecule has 0 unspecified atom stereocenters. The number of aromatic nitrogens is 1. The highest BCUT2D eigenvalue weighted by molar-refractivity contribution is 6.35. The van der Waals surface area contributed by atoms with Gasteiger partial charge in [0.05, 0.1) is 13.2 Å². The summed E-state index contributed by atoms with van der Waals surface area (Å²) in [4.78, 5) is 29.4. The second-order valence-electron chi connectivity index (χ2n) is 4.75. The Labute approximate surface area is 123 Å². The van der Waals surface area contributed by atoms with E-state index in [1.54, 1.807) is 18.5 Å². The van der Waals surface area contributed by atoms with Gasteiger partial charge in [0.25, 0.3) is 0 Å². The van der Waals surface area contributed by atoms with E-state index in [0.717, 1.165) is 38.4 Å². The van der Waals surface area contributed by atoms with Crippen molar-refractivity contribution in [2.24, 2.45) is 0 Å². The highest BCUT2D eigenvalue weighted by Crippen LogP contribution is 1.95. The number of nitrogens with one attached hydrogen (secondary N) is 2. The van der Waals surface area contributed by atoms with Crippen LogP contribution >= 0.6 is 0 Å². The minimum atomic E-state index is -0.624. The van der Waals surface area contributed by atoms with Crippen molar-refractivity contribution >= 4 is 11.8 Å². The molecule has 1 aromatic rings. The van der Waals surface area contributed by atoms with Gasteiger partial charge in [-0.05, 0) is 11.6 Å². The van der Waals surface area contributed by atoms with Crippen LogP contribution in [0.25, 0.3) is 0 Å². The van der Waals surface area contributed by atoms with Crippen LogP contribution in [-0.2, 0) is 20.9 Å². The first kappa shape index (κ1) is 15.4. The molecule has 7 nitrogen and oxygen atoms in total. The van der Waals surface area contributed by atoms with Crippen molar-refractivity contribution < 1.29 is 14.3 Å². The van der Waals surface area contributed by atoms with Crippen LogP contribution in [0.5, 0.6) is 0 Å². The number of pyridine rings is 1. The first-order valence-electron chi connectivity index (χ1n) is 7.01. The summed E-state index contributed by atoms with van der Waals surface area (Å²) in [6.45, 7) is 4.65. The van der Waals surface area contributed by atoms with Gasteiger partial charge in [-0.2, -0.15) is 0 Å². The minimum Gasteiger partial charge on any atom is -0.379 e. The summed E-state index contributed by atoms with van der Waals surface area (Å²) in [5.41, 5.74) is 0.854. The molecular weight excluding hydrogens is 272 g/mol. The van der Waals surface area contributed by atoms with Crippen molar-refractivity contribution in [1.82, 2.24) is 20.5 Å². The van der Waals surface area contributed by atoms with E-state index in [0.29, 0.717) is 13.1 Å². The molecule has 2 heterocycles. The lowest BCUT2D eigenvalue weighted by Crippen LogP contribution is -2.44. The molecule has 114 valence electrons. The van der Waals surface area contributed by atoms with E-state index >= 15 is 0 Å². The normalized spacial score (nSPS) is 15.4. The second-order valence-corrected chi connectivity index (χ2v) is 4.75. The molecule has 0 atom stereocenters. The molecule has 0 aliphatic carbocycles. The molecule has 1 aliphatic rings. The van der Waals surface area contributed by atoms with Gasteiger partial charge in [-0.15, -0.1) is 0 Å². The summed E-state index contributed by atoms with van der Waals surface area (Å²) in [6, 6.07) is 3.62. The quantitative estimate of drug-likeness (QED) is 0.691. The fourth-order valence-corrected chi connectivity index (χ4v) is 2.00. The number of carbonyl (C=O) groups is 2. The lowest BCUT2D eigenvalue weighted by Gasteiger charge is -2.26. The first-order valence-corrected chi connectivity index (χ1v) is 7.01. The molecule has 2 N–H and O–H groups in total. The van der Waals surface area contributed by atoms with Crippen molar-refractivity contribution in [2.75, 3.05) is 39.4 Å². The Morgan fingerprint density at radius 1 is 1.24 bits per heavy atom. The molecule has 21 heavy (non-hydrogen) atoms. The third-order valence-corrected chi connectivity index (χ3v) is 3.20. The fraction of sp³-hybridized carbons (Fsp3) is 0.500. The molecule has 0 radical (unpaired) electrons. The number of morpholine rings is 1. The maximum absolute atomic E-state index is 11.6. The van der Waals surface area contributed by atoms with E-state index in [2.05, 4.69) is 20.5 Å². The molecule has 1 fully saturated rings. The molecule has 0 bridgehead atoms. The maximum atomic E-state index is 11.6. The van der Waals surface area contributed by atoms with Crippen LogP contribution in [0.15, 0.2) is 24.5 Å². The third-order valence-electron chi connectivity index (χ3n) is 3.20. The van der Waals surface area contributed by atoms with Gasteiger partial charge >= 0.3 is 11.8 Å². The van der Waals surface area contributed by atoms with Gasteiger partial charge in [-0.1, -0.05) is 6.07 Å². The molecule has 1 saturated heterocycles. The Morgan fingerprint density at radius 2 is 2.00 bits per heavy atom. The summed E-state index contributed by atoms with van der Waals surface area (Å²) in [5.74, 6) is -1.23. The lowest BCUT2D eigenvalue weighted by atomic mass is 10.3. The van der Waals surface area contributed by atoms with Crippen molar-refractivity contribution in [2.45, 2.75) is 6.54 Å². The predicted octanol–water partition coefficient (Wildman–Crippen LogP) is -0.854. The van der Waals surface area contributed by atoms with E-state index in [-0.39, 0.29) is 0 Å². The summed E-state index contributed by atoms with van der Waals surface area (Å²) < 4.78 is 5.24. The minimum absolute atomic E-state index is 0.295. The van der Waals surface area contributed by atoms with Gasteiger partial charge in [0.15, 0.2) is 0 Å². The number of rotatable bonds is 5. The Morgan fingerprint density at radius 3 is 2.71 bits per heavy atom. The molecule has 7 heteroatoms. The van der Waals surface area contributed by atoms with E-state index in [1.807, 2.05) is 6.07 Å². The summed E-state index contributed by atoms with van der Waals surface area (Å²) in [7, 11) is 0. The van der Waals surface area contributed by atoms with Crippen LogP contribution in [0.2, 0.25) is 0 Å². The largest absolute Gasteiger partial charge is 0.379 e. The number of amides is 2. The standard InChI is InChI=1S/C14H20N4O3/c19-13(16-4-5-18-6-8-21-9-7-18)14(20)17-11-12-2-1-3-15-10-12/h1-3,10H,4-9,11H2,(H,16,19)(H,17,20). The number of carbonyl (C=O) groups excluding carboxylic acids is 2. The Balaban J connectivity index is 1.62. The number of ether oxygens (including phenoxy) is 1. The Kier molecular flexibility index (Phi) is 6.11. The highest BCUT2D eigenvalue weighted by atomic mass is 16.5. The van der Waals surface area contributed by atoms with Gasteiger partial charge in [0.2, 0.25) is 0 Å². The van der Waals surface area contributed by atoms with Crippen LogP contribution in [-0.4, -0.2) is 61.1 Å². The Hall–Kier alpha value is -1.99. The topological polar surface area (TPSA) is 83.6 Å². The zero-order valence-corrected chi connectivity index (χ0v) is 11.9. The fourth-order valence-electron chi connectivity index (χ4n) is 2.00. The summed E-state index contributed by atoms with van der Waals surface area (Å²) in [5, 5.41) is 5.18. The van der Waals surface area contributed by atoms with E-state index in [4.69, 9.17) is 4.74 Å². The number of hydrogen-bond donors (Lipinski definition) is 2. The summed E-state index contributed by atoms with van der Waals surface area (Å²) >= 11 is 0. The zero-order chi connectivity index (χ0) is 14.9. The van der Waals surface area contributed by atoms with Gasteiger partial charge in [-0.3, -0.25) is 19.5 Å². The van der Waals surface area contributed by atoms with Crippen molar-refractivity contribution in [1.29, 1.82) is 0 Å². The van der Waals surface area contributed by atoms with E-state index in [9.17, 15) is 9.59 Å². The van der Waals surface area contributed by atoms with Gasteiger partial charge < -0.3 is 15.4 Å². The Bertz CT molecular complexity index is 461.